The van der Waals surface area contributed by atoms with Crippen LogP contribution in [0.1, 0.15) is 18.4 Å². The van der Waals surface area contributed by atoms with Gasteiger partial charge in [-0.1, -0.05) is 6.07 Å². The second-order valence-corrected chi connectivity index (χ2v) is 3.72. The van der Waals surface area contributed by atoms with Gasteiger partial charge in [0.05, 0.1) is 6.61 Å². The first-order valence-corrected chi connectivity index (χ1v) is 4.45. The van der Waals surface area contributed by atoms with Crippen LogP contribution in [0.2, 0.25) is 0 Å². The van der Waals surface area contributed by atoms with Gasteiger partial charge in [-0.05, 0) is 30.5 Å². The molecule has 1 aliphatic rings. The lowest BCUT2D eigenvalue weighted by Crippen LogP contribution is -2.18. The summed E-state index contributed by atoms with van der Waals surface area (Å²) in [6.07, 6.45) is 1.82. The molecule has 1 fully saturated rings. The summed E-state index contributed by atoms with van der Waals surface area (Å²) in [6, 6.07) is 3.95. The maximum Gasteiger partial charge on any atom is 0.159 e. The Morgan fingerprint density at radius 3 is 2.50 bits per heavy atom. The molecule has 4 heteroatoms. The molecule has 0 heterocycles. The minimum atomic E-state index is -0.821. The van der Waals surface area contributed by atoms with E-state index in [0.29, 0.717) is 6.61 Å². The van der Waals surface area contributed by atoms with Gasteiger partial charge in [0, 0.05) is 5.41 Å². The molecule has 1 aromatic carbocycles. The van der Waals surface area contributed by atoms with Crippen LogP contribution in [0.4, 0.5) is 8.78 Å². The Morgan fingerprint density at radius 2 is 2.00 bits per heavy atom. The molecule has 0 spiro atoms. The zero-order valence-electron chi connectivity index (χ0n) is 7.59. The molecule has 14 heavy (non-hydrogen) atoms. The van der Waals surface area contributed by atoms with Crippen LogP contribution >= 0.6 is 0 Å². The van der Waals surface area contributed by atoms with Crippen LogP contribution in [0.3, 0.4) is 0 Å². The maximum absolute atomic E-state index is 12.9. The SMILES string of the molecule is NOCC1(c2ccc(F)c(F)c2)CC1. The third-order valence-electron chi connectivity index (χ3n) is 2.75. The van der Waals surface area contributed by atoms with E-state index in [1.54, 1.807) is 6.07 Å². The highest BCUT2D eigenvalue weighted by Crippen LogP contribution is 2.48. The van der Waals surface area contributed by atoms with Crippen molar-refractivity contribution in [1.82, 2.24) is 0 Å². The average molecular weight is 199 g/mol. The van der Waals surface area contributed by atoms with Gasteiger partial charge in [-0.25, -0.2) is 14.7 Å². The van der Waals surface area contributed by atoms with E-state index in [9.17, 15) is 8.78 Å². The van der Waals surface area contributed by atoms with Crippen molar-refractivity contribution in [2.45, 2.75) is 18.3 Å². The summed E-state index contributed by atoms with van der Waals surface area (Å²) in [6.45, 7) is 0.359. The molecule has 0 atom stereocenters. The Morgan fingerprint density at radius 1 is 1.29 bits per heavy atom. The van der Waals surface area contributed by atoms with E-state index >= 15 is 0 Å². The summed E-state index contributed by atoms with van der Waals surface area (Å²) in [5, 5.41) is 0. The number of rotatable bonds is 3. The van der Waals surface area contributed by atoms with E-state index in [1.165, 1.54) is 6.07 Å². The lowest BCUT2D eigenvalue weighted by atomic mass is 9.97. The molecule has 0 aromatic heterocycles. The lowest BCUT2D eigenvalue weighted by molar-refractivity contribution is 0.116. The van der Waals surface area contributed by atoms with Crippen LogP contribution in [0.15, 0.2) is 18.2 Å². The highest BCUT2D eigenvalue weighted by atomic mass is 19.2. The zero-order valence-corrected chi connectivity index (χ0v) is 7.59. The predicted molar refractivity (Wildman–Crippen MR) is 47.4 cm³/mol. The fourth-order valence-electron chi connectivity index (χ4n) is 1.65. The van der Waals surface area contributed by atoms with E-state index in [0.717, 1.165) is 24.5 Å². The molecular formula is C10H11F2NO. The summed E-state index contributed by atoms with van der Waals surface area (Å²) >= 11 is 0. The van der Waals surface area contributed by atoms with Gasteiger partial charge >= 0.3 is 0 Å². The molecule has 2 rings (SSSR count). The van der Waals surface area contributed by atoms with Crippen LogP contribution in [-0.4, -0.2) is 6.61 Å². The van der Waals surface area contributed by atoms with Crippen molar-refractivity contribution in [3.8, 4) is 0 Å². The molecule has 1 aliphatic carbocycles. The molecule has 1 aromatic rings. The fraction of sp³-hybridized carbons (Fsp3) is 0.400. The standard InChI is InChI=1S/C10H11F2NO/c11-8-2-1-7(5-9(8)12)10(3-4-10)6-14-13/h1-2,5H,3-4,6,13H2. The first-order valence-electron chi connectivity index (χ1n) is 4.45. The minimum Gasteiger partial charge on any atom is -0.304 e. The highest BCUT2D eigenvalue weighted by molar-refractivity contribution is 5.32. The third kappa shape index (κ3) is 1.51. The van der Waals surface area contributed by atoms with Crippen molar-refractivity contribution in [2.75, 3.05) is 6.61 Å². The van der Waals surface area contributed by atoms with E-state index in [2.05, 4.69) is 4.84 Å². The molecule has 0 amide bonds. The van der Waals surface area contributed by atoms with Gasteiger partial charge in [-0.3, -0.25) is 0 Å². The molecule has 2 nitrogen and oxygen atoms in total. The largest absolute Gasteiger partial charge is 0.304 e. The summed E-state index contributed by atoms with van der Waals surface area (Å²) in [5.41, 5.74) is 0.588. The van der Waals surface area contributed by atoms with Gasteiger partial charge in [0.25, 0.3) is 0 Å². The fourth-order valence-corrected chi connectivity index (χ4v) is 1.65. The topological polar surface area (TPSA) is 35.2 Å². The lowest BCUT2D eigenvalue weighted by Gasteiger charge is -2.13. The quantitative estimate of drug-likeness (QED) is 0.754. The van der Waals surface area contributed by atoms with E-state index in [1.807, 2.05) is 0 Å². The minimum absolute atomic E-state index is 0.177. The Balaban J connectivity index is 2.28. The number of halogens is 2. The molecule has 0 aliphatic heterocycles. The van der Waals surface area contributed by atoms with Crippen LogP contribution in [-0.2, 0) is 10.3 Å². The van der Waals surface area contributed by atoms with Crippen molar-refractivity contribution in [3.63, 3.8) is 0 Å². The van der Waals surface area contributed by atoms with Crippen molar-refractivity contribution in [3.05, 3.63) is 35.4 Å². The van der Waals surface area contributed by atoms with Gasteiger partial charge in [0.1, 0.15) is 0 Å². The normalized spacial score (nSPS) is 18.2. The second kappa shape index (κ2) is 3.29. The third-order valence-corrected chi connectivity index (χ3v) is 2.75. The Labute approximate surface area is 80.6 Å². The van der Waals surface area contributed by atoms with Crippen molar-refractivity contribution in [2.24, 2.45) is 5.90 Å². The van der Waals surface area contributed by atoms with Crippen LogP contribution in [0, 0.1) is 11.6 Å². The Kier molecular flexibility index (Phi) is 2.25. The number of hydrogen-bond acceptors (Lipinski definition) is 2. The molecule has 1 saturated carbocycles. The van der Waals surface area contributed by atoms with Crippen molar-refractivity contribution < 1.29 is 13.6 Å². The molecule has 0 bridgehead atoms. The average Bonchev–Trinajstić information content (AvgIpc) is 2.91. The summed E-state index contributed by atoms with van der Waals surface area (Å²) < 4.78 is 25.6. The zero-order chi connectivity index (χ0) is 10.2. The van der Waals surface area contributed by atoms with Gasteiger partial charge < -0.3 is 4.84 Å². The van der Waals surface area contributed by atoms with Gasteiger partial charge in [0.15, 0.2) is 11.6 Å². The number of hydrogen-bond donors (Lipinski definition) is 1. The summed E-state index contributed by atoms with van der Waals surface area (Å²) in [4.78, 5) is 4.58. The van der Waals surface area contributed by atoms with Gasteiger partial charge in [-0.2, -0.15) is 0 Å². The van der Waals surface area contributed by atoms with Crippen LogP contribution < -0.4 is 5.90 Å². The summed E-state index contributed by atoms with van der Waals surface area (Å²) in [7, 11) is 0. The maximum atomic E-state index is 12.9. The van der Waals surface area contributed by atoms with Gasteiger partial charge in [0.2, 0.25) is 0 Å². The van der Waals surface area contributed by atoms with Crippen molar-refractivity contribution >= 4 is 0 Å². The Bertz CT molecular complexity index is 350. The highest BCUT2D eigenvalue weighted by Gasteiger charge is 2.44. The van der Waals surface area contributed by atoms with Gasteiger partial charge in [-0.15, -0.1) is 0 Å². The van der Waals surface area contributed by atoms with Crippen molar-refractivity contribution in [1.29, 1.82) is 0 Å². The second-order valence-electron chi connectivity index (χ2n) is 3.72. The monoisotopic (exact) mass is 199 g/mol. The van der Waals surface area contributed by atoms with E-state index in [-0.39, 0.29) is 5.41 Å². The van der Waals surface area contributed by atoms with E-state index < -0.39 is 11.6 Å². The molecule has 76 valence electrons. The Hall–Kier alpha value is -1.00. The number of nitrogens with two attached hydrogens (primary N) is 1. The molecule has 0 unspecified atom stereocenters. The first-order chi connectivity index (χ1) is 6.68. The number of benzene rings is 1. The van der Waals surface area contributed by atoms with Crippen LogP contribution in [0.25, 0.3) is 0 Å². The molecular weight excluding hydrogens is 188 g/mol. The smallest absolute Gasteiger partial charge is 0.159 e. The molecule has 2 N–H and O–H groups in total. The van der Waals surface area contributed by atoms with E-state index in [4.69, 9.17) is 5.90 Å². The molecule has 0 radical (unpaired) electrons. The summed E-state index contributed by atoms with van der Waals surface area (Å²) in [5.74, 6) is 3.36. The first kappa shape index (κ1) is 9.55. The van der Waals surface area contributed by atoms with Crippen LogP contribution in [0.5, 0.6) is 0 Å². The predicted octanol–water partition coefficient (Wildman–Crippen LogP) is 1.89. The molecule has 0 saturated heterocycles.